The van der Waals surface area contributed by atoms with Gasteiger partial charge < -0.3 is 0 Å². The van der Waals surface area contributed by atoms with E-state index in [9.17, 15) is 0 Å². The van der Waals surface area contributed by atoms with Crippen LogP contribution in [0.15, 0.2) is 54.7 Å². The third-order valence-corrected chi connectivity index (χ3v) is 1.90. The van der Waals surface area contributed by atoms with Crippen molar-refractivity contribution in [1.82, 2.24) is 0 Å². The van der Waals surface area contributed by atoms with E-state index < -0.39 is 0 Å². The van der Waals surface area contributed by atoms with Crippen LogP contribution in [0.1, 0.15) is 25.7 Å². The Hall–Kier alpha value is -1.30. The fraction of sp³-hybridized carbons (Fsp3) is 0.286. The third kappa shape index (κ3) is 6.24. The smallest absolute Gasteiger partial charge is 0.0166 e. The molecule has 73 valence electrons. The zero-order valence-electron chi connectivity index (χ0n) is 8.52. The van der Waals surface area contributed by atoms with Crippen LogP contribution in [-0.2, 0) is 0 Å². The summed E-state index contributed by atoms with van der Waals surface area (Å²) in [5, 5.41) is 0. The van der Waals surface area contributed by atoms with Crippen molar-refractivity contribution in [2.24, 2.45) is 0 Å². The van der Waals surface area contributed by atoms with Crippen molar-refractivity contribution in [3.8, 4) is 0 Å². The SMILES string of the molecule is [C]1=C/C=C\C/C=C\C/C=C/C=C/CC/1. The molecule has 0 unspecified atom stereocenters. The maximum Gasteiger partial charge on any atom is -0.0166 e. The van der Waals surface area contributed by atoms with Crippen LogP contribution in [0, 0.1) is 6.08 Å². The standard InChI is InChI=1S/C14H17/c1-2-4-6-8-10-12-14-13-11-9-7-5-3-1/h1-4,7,9,12-14H,5-6,8,11H2/b3-1+,4-2+,9-7-,12-10?,14-13-. The summed E-state index contributed by atoms with van der Waals surface area (Å²) in [6.45, 7) is 0. The van der Waals surface area contributed by atoms with Gasteiger partial charge in [-0.3, -0.25) is 0 Å². The van der Waals surface area contributed by atoms with E-state index in [2.05, 4.69) is 54.7 Å². The maximum atomic E-state index is 3.23. The van der Waals surface area contributed by atoms with Gasteiger partial charge in [0.1, 0.15) is 0 Å². The van der Waals surface area contributed by atoms with Crippen LogP contribution in [0.3, 0.4) is 0 Å². The van der Waals surface area contributed by atoms with Gasteiger partial charge in [0, 0.05) is 0 Å². The van der Waals surface area contributed by atoms with Crippen LogP contribution >= 0.6 is 0 Å². The van der Waals surface area contributed by atoms with Crippen molar-refractivity contribution in [2.75, 3.05) is 0 Å². The van der Waals surface area contributed by atoms with E-state index in [1.165, 1.54) is 0 Å². The van der Waals surface area contributed by atoms with Gasteiger partial charge in [-0.05, 0) is 31.8 Å². The molecule has 0 bridgehead atoms. The lowest BCUT2D eigenvalue weighted by Crippen LogP contribution is -1.66. The molecule has 1 rings (SSSR count). The van der Waals surface area contributed by atoms with Crippen LogP contribution in [0.25, 0.3) is 0 Å². The molecule has 0 amide bonds. The second kappa shape index (κ2) is 8.31. The van der Waals surface area contributed by atoms with Crippen molar-refractivity contribution in [2.45, 2.75) is 25.7 Å². The summed E-state index contributed by atoms with van der Waals surface area (Å²) in [5.74, 6) is 0. The summed E-state index contributed by atoms with van der Waals surface area (Å²) in [7, 11) is 0. The largest absolute Gasteiger partial charge is 0.0844 e. The average Bonchev–Trinajstić information content (AvgIpc) is 2.22. The molecule has 1 aliphatic rings. The van der Waals surface area contributed by atoms with Crippen molar-refractivity contribution in [3.63, 3.8) is 0 Å². The van der Waals surface area contributed by atoms with E-state index in [0.29, 0.717) is 0 Å². The van der Waals surface area contributed by atoms with Crippen molar-refractivity contribution < 1.29 is 0 Å². The molecule has 0 aromatic carbocycles. The first-order valence-electron chi connectivity index (χ1n) is 5.18. The minimum Gasteiger partial charge on any atom is -0.0844 e. The monoisotopic (exact) mass is 185 g/mol. The van der Waals surface area contributed by atoms with Crippen LogP contribution in [0.5, 0.6) is 0 Å². The Labute approximate surface area is 87.0 Å². The number of hydrogen-bond donors (Lipinski definition) is 0. The van der Waals surface area contributed by atoms with E-state index in [-0.39, 0.29) is 0 Å². The first-order valence-corrected chi connectivity index (χ1v) is 5.18. The molecule has 0 atom stereocenters. The van der Waals surface area contributed by atoms with E-state index in [0.717, 1.165) is 25.7 Å². The number of allylic oxidation sites excluding steroid dienone is 10. The van der Waals surface area contributed by atoms with Gasteiger partial charge in [0.25, 0.3) is 0 Å². The highest BCUT2D eigenvalue weighted by molar-refractivity contribution is 5.07. The van der Waals surface area contributed by atoms with Crippen LogP contribution < -0.4 is 0 Å². The first kappa shape index (κ1) is 10.8. The zero-order valence-corrected chi connectivity index (χ0v) is 8.52. The third-order valence-electron chi connectivity index (χ3n) is 1.90. The van der Waals surface area contributed by atoms with Crippen LogP contribution in [-0.4, -0.2) is 0 Å². The second-order valence-electron chi connectivity index (χ2n) is 3.14. The van der Waals surface area contributed by atoms with Crippen LogP contribution in [0.4, 0.5) is 0 Å². The fourth-order valence-electron chi connectivity index (χ4n) is 1.15. The minimum atomic E-state index is 1.00. The summed E-state index contributed by atoms with van der Waals surface area (Å²) in [5.41, 5.74) is 0. The first-order chi connectivity index (χ1) is 7.00. The van der Waals surface area contributed by atoms with Gasteiger partial charge in [0.05, 0.1) is 0 Å². The Kier molecular flexibility index (Phi) is 6.39. The molecular formula is C14H17. The molecule has 14 heavy (non-hydrogen) atoms. The van der Waals surface area contributed by atoms with Crippen molar-refractivity contribution in [1.29, 1.82) is 0 Å². The van der Waals surface area contributed by atoms with Gasteiger partial charge in [-0.1, -0.05) is 54.7 Å². The molecule has 1 aliphatic carbocycles. The summed E-state index contributed by atoms with van der Waals surface area (Å²) in [6, 6.07) is 0. The molecule has 0 aromatic rings. The van der Waals surface area contributed by atoms with E-state index >= 15 is 0 Å². The molecule has 0 fully saturated rings. The molecule has 0 aliphatic heterocycles. The fourth-order valence-corrected chi connectivity index (χ4v) is 1.15. The Morgan fingerprint density at radius 1 is 0.714 bits per heavy atom. The average molecular weight is 185 g/mol. The summed E-state index contributed by atoms with van der Waals surface area (Å²) in [4.78, 5) is 0. The Morgan fingerprint density at radius 2 is 1.43 bits per heavy atom. The predicted octanol–water partition coefficient (Wildman–Crippen LogP) is 4.14. The van der Waals surface area contributed by atoms with Gasteiger partial charge in [-0.2, -0.15) is 0 Å². The molecule has 0 heteroatoms. The number of hydrogen-bond acceptors (Lipinski definition) is 0. The lowest BCUT2D eigenvalue weighted by Gasteiger charge is -1.86. The van der Waals surface area contributed by atoms with Gasteiger partial charge in [0.15, 0.2) is 0 Å². The maximum absolute atomic E-state index is 3.23. The van der Waals surface area contributed by atoms with Crippen molar-refractivity contribution in [3.05, 3.63) is 60.8 Å². The zero-order chi connectivity index (χ0) is 9.90. The predicted molar refractivity (Wildman–Crippen MR) is 62.8 cm³/mol. The Balaban J connectivity index is 2.45. The summed E-state index contributed by atoms with van der Waals surface area (Å²) in [6.07, 6.45) is 26.5. The van der Waals surface area contributed by atoms with E-state index in [1.807, 2.05) is 6.08 Å². The lowest BCUT2D eigenvalue weighted by atomic mass is 10.2. The molecule has 0 aromatic heterocycles. The summed E-state index contributed by atoms with van der Waals surface area (Å²) >= 11 is 0. The molecule has 0 spiro atoms. The van der Waals surface area contributed by atoms with Gasteiger partial charge in [-0.25, -0.2) is 0 Å². The number of rotatable bonds is 0. The van der Waals surface area contributed by atoms with E-state index in [4.69, 9.17) is 0 Å². The molecular weight excluding hydrogens is 168 g/mol. The highest BCUT2D eigenvalue weighted by Crippen LogP contribution is 1.96. The van der Waals surface area contributed by atoms with Gasteiger partial charge in [0.2, 0.25) is 0 Å². The molecule has 1 radical (unpaired) electrons. The molecule has 0 N–H and O–H groups in total. The highest BCUT2D eigenvalue weighted by Gasteiger charge is 1.77. The minimum absolute atomic E-state index is 1.00. The highest BCUT2D eigenvalue weighted by atomic mass is 13.8. The topological polar surface area (TPSA) is 0 Å². The molecule has 0 heterocycles. The van der Waals surface area contributed by atoms with Gasteiger partial charge in [-0.15, -0.1) is 0 Å². The quantitative estimate of drug-likeness (QED) is 0.497. The second-order valence-corrected chi connectivity index (χ2v) is 3.14. The molecule has 0 saturated carbocycles. The molecule has 0 saturated heterocycles. The Morgan fingerprint density at radius 3 is 2.29 bits per heavy atom. The van der Waals surface area contributed by atoms with Gasteiger partial charge >= 0.3 is 0 Å². The normalized spacial score (nSPS) is 29.7. The van der Waals surface area contributed by atoms with E-state index in [1.54, 1.807) is 0 Å². The lowest BCUT2D eigenvalue weighted by molar-refractivity contribution is 1.03. The summed E-state index contributed by atoms with van der Waals surface area (Å²) < 4.78 is 0. The van der Waals surface area contributed by atoms with Crippen LogP contribution in [0.2, 0.25) is 0 Å². The van der Waals surface area contributed by atoms with Crippen molar-refractivity contribution >= 4 is 0 Å². The molecule has 0 nitrogen and oxygen atoms in total. The Bertz CT molecular complexity index is 234.